The van der Waals surface area contributed by atoms with Crippen molar-refractivity contribution in [2.24, 2.45) is 11.8 Å². The van der Waals surface area contributed by atoms with Gasteiger partial charge in [-0.15, -0.1) is 6.58 Å². The maximum absolute atomic E-state index is 12.3. The molecule has 0 saturated carbocycles. The third-order valence-corrected chi connectivity index (χ3v) is 33.6. The van der Waals surface area contributed by atoms with Crippen LogP contribution in [0, 0.1) is 11.8 Å². The average Bonchev–Trinajstić information content (AvgIpc) is 4.08. The van der Waals surface area contributed by atoms with E-state index in [1.807, 2.05) is 6.08 Å². The van der Waals surface area contributed by atoms with Gasteiger partial charge in [-0.05, 0) is 110 Å². The lowest BCUT2D eigenvalue weighted by molar-refractivity contribution is -0.271. The summed E-state index contributed by atoms with van der Waals surface area (Å²) in [6.07, 6.45) is 8.89. The lowest BCUT2D eigenvalue weighted by Gasteiger charge is -2.47. The van der Waals surface area contributed by atoms with Crippen LogP contribution in [0.3, 0.4) is 0 Å². The first-order chi connectivity index (χ1) is 34.6. The third-order valence-electron chi connectivity index (χ3n) is 19.6. The summed E-state index contributed by atoms with van der Waals surface area (Å²) in [7, 11) is -4.07. The van der Waals surface area contributed by atoms with Gasteiger partial charge in [-0.25, -0.2) is 0 Å². The van der Waals surface area contributed by atoms with E-state index in [9.17, 15) is 4.79 Å². The molecule has 0 aromatic carbocycles. The molecule has 18 atom stereocenters. The summed E-state index contributed by atoms with van der Waals surface area (Å²) in [4.78, 5) is 12.3. The smallest absolute Gasteiger partial charge is 0.192 e. The summed E-state index contributed by atoms with van der Waals surface area (Å²) in [6.45, 7) is 36.6. The maximum atomic E-state index is 12.3. The van der Waals surface area contributed by atoms with Gasteiger partial charge in [0.15, 0.2) is 30.7 Å². The molecular weight excluding hydrogens is 961 g/mol. The van der Waals surface area contributed by atoms with Crippen LogP contribution in [0.15, 0.2) is 37.0 Å². The second-order valence-electron chi connectivity index (χ2n) is 23.1. The quantitative estimate of drug-likeness (QED) is 0.0374. The van der Waals surface area contributed by atoms with Crippen molar-refractivity contribution in [1.82, 2.24) is 0 Å². The van der Waals surface area contributed by atoms with Crippen LogP contribution in [0.4, 0.5) is 0 Å². The van der Waals surface area contributed by atoms with E-state index in [0.717, 1.165) is 104 Å². The Hall–Kier alpha value is -0.899. The highest BCUT2D eigenvalue weighted by Crippen LogP contribution is 2.54. The van der Waals surface area contributed by atoms with E-state index in [-0.39, 0.29) is 103 Å². The minimum Gasteiger partial charge on any atom is -0.414 e. The van der Waals surface area contributed by atoms with Crippen LogP contribution in [0.5, 0.6) is 0 Å². The molecule has 8 fully saturated rings. The van der Waals surface area contributed by atoms with Gasteiger partial charge < -0.3 is 56.0 Å². The Morgan fingerprint density at radius 3 is 1.96 bits per heavy atom. The second kappa shape index (κ2) is 25.7. The molecule has 0 aromatic rings. The predicted molar refractivity (Wildman–Crippen MR) is 292 cm³/mol. The number of hydrogen-bond donors (Lipinski definition) is 0. The number of hydrogen-bond acceptors (Lipinski definition) is 12. The first kappa shape index (κ1) is 58.8. The zero-order valence-electron chi connectivity index (χ0n) is 46.8. The fraction of sp³-hybridized carbons (Fsp3) is 0.877. The molecule has 0 amide bonds. The van der Waals surface area contributed by atoms with Crippen LogP contribution < -0.4 is 0 Å². The molecule has 72 heavy (non-hydrogen) atoms. The number of aldehydes is 1. The van der Waals surface area contributed by atoms with Crippen LogP contribution in [0.1, 0.15) is 140 Å². The summed E-state index contributed by atoms with van der Waals surface area (Å²) < 4.78 is 76.3. The van der Waals surface area contributed by atoms with Crippen LogP contribution >= 0.6 is 0 Å². The Morgan fingerprint density at radius 2 is 1.33 bits per heavy atom. The van der Waals surface area contributed by atoms with E-state index >= 15 is 0 Å². The highest BCUT2D eigenvalue weighted by molar-refractivity contribution is 6.74. The van der Waals surface area contributed by atoms with Crippen LogP contribution in [0.25, 0.3) is 0 Å². The van der Waals surface area contributed by atoms with Crippen molar-refractivity contribution >= 4 is 31.2 Å². The zero-order chi connectivity index (χ0) is 52.0. The molecule has 0 aliphatic carbocycles. The first-order valence-corrected chi connectivity index (χ1v) is 36.8. The van der Waals surface area contributed by atoms with Crippen molar-refractivity contribution in [2.75, 3.05) is 13.7 Å². The Bertz CT molecular complexity index is 1750. The number of carbonyl (C=O) groups is 1. The highest BCUT2D eigenvalue weighted by atomic mass is 28.4. The van der Waals surface area contributed by atoms with Crippen LogP contribution in [-0.4, -0.2) is 142 Å². The number of carbonyl (C=O) groups excluding carboxylic acids is 1. The predicted octanol–water partition coefficient (Wildman–Crippen LogP) is 12.2. The minimum absolute atomic E-state index is 0.0317. The van der Waals surface area contributed by atoms with Gasteiger partial charge in [0.25, 0.3) is 0 Å². The second-order valence-corrected chi connectivity index (χ2v) is 37.3. The molecule has 8 rings (SSSR count). The van der Waals surface area contributed by atoms with E-state index < -0.39 is 30.7 Å². The molecule has 12 nitrogen and oxygen atoms in total. The number of methoxy groups -OCH3 is 1. The number of rotatable bonds is 31. The van der Waals surface area contributed by atoms with E-state index in [0.29, 0.717) is 45.1 Å². The molecule has 8 heterocycles. The first-order valence-electron chi connectivity index (χ1n) is 29.2. The van der Waals surface area contributed by atoms with E-state index in [2.05, 4.69) is 89.0 Å². The van der Waals surface area contributed by atoms with Crippen molar-refractivity contribution in [3.63, 3.8) is 0 Å². The lowest BCUT2D eigenvalue weighted by atomic mass is 9.82. The molecule has 15 heteroatoms. The van der Waals surface area contributed by atoms with Gasteiger partial charge in [0.2, 0.25) is 0 Å². The van der Waals surface area contributed by atoms with E-state index in [1.165, 1.54) is 0 Å². The normalized spacial score (nSPS) is 38.2. The summed E-state index contributed by atoms with van der Waals surface area (Å²) in [5, 5.41) is 0. The summed E-state index contributed by atoms with van der Waals surface area (Å²) in [5.74, 6) is -0.573. The zero-order valence-corrected chi connectivity index (χ0v) is 49.8. The number of ether oxygens (including phenoxy) is 8. The van der Waals surface area contributed by atoms with Gasteiger partial charge >= 0.3 is 0 Å². The van der Waals surface area contributed by atoms with Gasteiger partial charge in [0.1, 0.15) is 36.8 Å². The topological polar surface area (TPSA) is 119 Å². The van der Waals surface area contributed by atoms with Crippen LogP contribution in [0.2, 0.25) is 54.4 Å². The van der Waals surface area contributed by atoms with Gasteiger partial charge in [-0.3, -0.25) is 0 Å². The maximum Gasteiger partial charge on any atom is 0.192 e. The van der Waals surface area contributed by atoms with Crippen molar-refractivity contribution < 1.29 is 56.0 Å². The molecule has 0 aromatic heterocycles. The van der Waals surface area contributed by atoms with Crippen molar-refractivity contribution in [2.45, 2.75) is 292 Å². The Kier molecular flexibility index (Phi) is 21.0. The van der Waals surface area contributed by atoms with Gasteiger partial charge in [0.05, 0.1) is 67.6 Å². The van der Waals surface area contributed by atoms with Crippen molar-refractivity contribution in [1.29, 1.82) is 0 Å². The fourth-order valence-corrected chi connectivity index (χ4v) is 22.5. The summed E-state index contributed by atoms with van der Waals surface area (Å²) >= 11 is 0. The van der Waals surface area contributed by atoms with E-state index in [4.69, 9.17) is 51.2 Å². The monoisotopic (exact) mass is 1060 g/mol. The van der Waals surface area contributed by atoms with Crippen molar-refractivity contribution in [3.8, 4) is 0 Å². The van der Waals surface area contributed by atoms with Gasteiger partial charge in [-0.1, -0.05) is 88.5 Å². The standard InChI is InChI=1S/C57H100O12Si3/c1-15-25-46-53(69-72(22-8,23-9)24-10)56-55-54(64-46)52-50(65-55)36-57(66-52,67-56)30-28-42-33-39(12)45(61-42)27-26-41-32-38(11)40(13)47(62-41)35-48-44(29-31-58)51(59-14)49(63-48)34-43(68-71(19-5,20-6)21-7)37-60-70(16-2,17-3)18-4/h15,31,38,41-56H,1,12-13,16-30,32-37H2,2-11,14H3/t38-,41+,42+,43?,44+,45+,46+,47-,48+,49-,50-,51-,52+,53+,54+,55-,56+,57?/m1/s1. The van der Waals surface area contributed by atoms with Crippen LogP contribution in [-0.2, 0) is 56.0 Å². The summed E-state index contributed by atoms with van der Waals surface area (Å²) in [5.41, 5.74) is 2.25. The van der Waals surface area contributed by atoms with E-state index in [1.54, 1.807) is 7.11 Å². The molecule has 8 aliphatic rings. The average molecular weight is 1060 g/mol. The minimum atomic E-state index is -2.00. The molecule has 2 unspecified atom stereocenters. The Balaban J connectivity index is 0.962. The van der Waals surface area contributed by atoms with Crippen molar-refractivity contribution in [3.05, 3.63) is 37.0 Å². The summed E-state index contributed by atoms with van der Waals surface area (Å²) in [6, 6.07) is 9.65. The molecule has 8 saturated heterocycles. The Labute approximate surface area is 439 Å². The third kappa shape index (κ3) is 12.5. The molecule has 0 radical (unpaired) electrons. The molecule has 0 N–H and O–H groups in total. The fourth-order valence-electron chi connectivity index (χ4n) is 14.2. The molecule has 412 valence electrons. The molecule has 0 spiro atoms. The molecule has 6 bridgehead atoms. The molecule has 8 aliphatic heterocycles. The SMILES string of the molecule is C=CC[C@@H]1O[C@@H]2[C@H]3O[C@@H]4CC(CC[C@H]5CC(=C)[C@H](CC[C@H]6C[C@@H](C)C(=C)[C@@H](C[C@@H]7O[C@H](CC(CO[Si](CC)(CC)CC)O[Si](CC)(CC)CC)[C@H](OC)[C@H]7CC=O)O6)O5)(O[C@H]3[C@H]1O[Si](CC)(CC)CC)O[C@H]24. The van der Waals surface area contributed by atoms with Gasteiger partial charge in [-0.2, -0.15) is 0 Å². The highest BCUT2D eigenvalue weighted by Gasteiger charge is 2.68. The molecular formula is C57H100O12Si3. The lowest BCUT2D eigenvalue weighted by Crippen LogP contribution is -2.62. The Morgan fingerprint density at radius 1 is 0.694 bits per heavy atom. The largest absolute Gasteiger partial charge is 0.414 e. The van der Waals surface area contributed by atoms with Gasteiger partial charge in [0, 0.05) is 45.1 Å².